The van der Waals surface area contributed by atoms with E-state index in [1.54, 1.807) is 27.5 Å². The zero-order chi connectivity index (χ0) is 25.7. The van der Waals surface area contributed by atoms with Crippen molar-refractivity contribution in [1.29, 1.82) is 0 Å². The summed E-state index contributed by atoms with van der Waals surface area (Å²) in [7, 11) is 7.17. The highest BCUT2D eigenvalue weighted by atomic mass is 16.5. The molecular weight excluding hydrogens is 454 g/mol. The molecule has 1 aliphatic heterocycles. The molecule has 9 heteroatoms. The van der Waals surface area contributed by atoms with Gasteiger partial charge in [-0.05, 0) is 60.7 Å². The number of aryl methyl sites for hydroxylation is 4. The lowest BCUT2D eigenvalue weighted by Crippen LogP contribution is -2.66. The monoisotopic (exact) mass is 489 g/mol. The van der Waals surface area contributed by atoms with Crippen molar-refractivity contribution in [2.45, 2.75) is 45.3 Å². The Hall–Kier alpha value is -3.49. The Balaban J connectivity index is 1.64. The van der Waals surface area contributed by atoms with E-state index in [9.17, 15) is 0 Å². The predicted molar refractivity (Wildman–Crippen MR) is 144 cm³/mol. The molecule has 3 unspecified atom stereocenters. The Kier molecular flexibility index (Phi) is 7.86. The molecule has 1 aliphatic carbocycles. The van der Waals surface area contributed by atoms with Crippen LogP contribution in [0, 0.1) is 13.8 Å². The molecule has 0 saturated heterocycles. The molecule has 0 radical (unpaired) electrons. The summed E-state index contributed by atoms with van der Waals surface area (Å²) in [6.45, 7) is 4.00. The Morgan fingerprint density at radius 3 is 2.58 bits per heavy atom. The molecule has 188 valence electrons. The first-order valence-electron chi connectivity index (χ1n) is 12.1. The number of allylic oxidation sites excluding steroid dienone is 1. The Labute approximate surface area is 212 Å². The van der Waals surface area contributed by atoms with Crippen LogP contribution in [0.25, 0.3) is 0 Å². The fourth-order valence-electron chi connectivity index (χ4n) is 4.44. The average Bonchev–Trinajstić information content (AvgIpc) is 2.88. The van der Waals surface area contributed by atoms with E-state index in [4.69, 9.17) is 24.1 Å². The van der Waals surface area contributed by atoms with Crippen LogP contribution in [0.15, 0.2) is 53.2 Å². The van der Waals surface area contributed by atoms with Gasteiger partial charge in [0.15, 0.2) is 0 Å². The molecular formula is C27H35N7O2+2. The molecule has 2 aromatic heterocycles. The molecule has 0 bridgehead atoms. The van der Waals surface area contributed by atoms with E-state index in [1.807, 2.05) is 38.4 Å². The second-order valence-corrected chi connectivity index (χ2v) is 9.17. The van der Waals surface area contributed by atoms with Gasteiger partial charge in [-0.15, -0.1) is 0 Å². The number of amidine groups is 2. The molecule has 4 rings (SSSR count). The Morgan fingerprint density at radius 2 is 1.86 bits per heavy atom. The van der Waals surface area contributed by atoms with Gasteiger partial charge in [0.05, 0.1) is 5.69 Å². The molecule has 2 aliphatic rings. The first kappa shape index (κ1) is 25.6. The van der Waals surface area contributed by atoms with Gasteiger partial charge in [0.25, 0.3) is 11.7 Å². The molecule has 0 fully saturated rings. The summed E-state index contributed by atoms with van der Waals surface area (Å²) in [5.74, 6) is 3.09. The first-order valence-corrected chi connectivity index (χ1v) is 12.1. The minimum Gasteiger partial charge on any atom is -0.374 e. The molecule has 0 amide bonds. The van der Waals surface area contributed by atoms with E-state index in [0.717, 1.165) is 41.5 Å². The van der Waals surface area contributed by atoms with Crippen LogP contribution in [0.1, 0.15) is 29.2 Å². The number of nitrogens with one attached hydrogen (secondary N) is 1. The van der Waals surface area contributed by atoms with Crippen molar-refractivity contribution in [3.63, 3.8) is 0 Å². The number of hydrogen-bond donors (Lipinski definition) is 1. The maximum atomic E-state index is 5.62. The largest absolute Gasteiger partial charge is 0.493 e. The van der Waals surface area contributed by atoms with Crippen LogP contribution in [0.2, 0.25) is 0 Å². The number of pyridine rings is 1. The second-order valence-electron chi connectivity index (χ2n) is 9.17. The summed E-state index contributed by atoms with van der Waals surface area (Å²) < 4.78 is 16.1. The zero-order valence-corrected chi connectivity index (χ0v) is 21.9. The van der Waals surface area contributed by atoms with Gasteiger partial charge in [0.2, 0.25) is 0 Å². The number of ether oxygens (including phenoxy) is 2. The summed E-state index contributed by atoms with van der Waals surface area (Å²) >= 11 is 0. The van der Waals surface area contributed by atoms with E-state index in [1.165, 1.54) is 5.56 Å². The van der Waals surface area contributed by atoms with Gasteiger partial charge in [0, 0.05) is 39.2 Å². The Morgan fingerprint density at radius 1 is 1.08 bits per heavy atom. The third kappa shape index (κ3) is 5.66. The van der Waals surface area contributed by atoms with Crippen molar-refractivity contribution >= 4 is 23.7 Å². The standard InChI is InChI=1S/C27H35N7O2/c1-18-11-12-29-21(13-18)8-9-22-16-27(32-19(2)31-22)34(4)26(30-17-25(28-3)33-34)15-20-7-10-23(35-5)24(14-20)36-6/h7,10-14,16-17,23-24H,8-9,15H2,1-6H3,(H,28,33)/q+2. The summed E-state index contributed by atoms with van der Waals surface area (Å²) in [5.41, 5.74) is 7.83. The van der Waals surface area contributed by atoms with Gasteiger partial charge < -0.3 is 9.47 Å². The molecule has 1 N–H and O–H groups in total. The fourth-order valence-corrected chi connectivity index (χ4v) is 4.44. The third-order valence-corrected chi connectivity index (χ3v) is 6.48. The molecule has 36 heavy (non-hydrogen) atoms. The predicted octanol–water partition coefficient (Wildman–Crippen LogP) is 2.21. The van der Waals surface area contributed by atoms with Crippen LogP contribution in [-0.4, -0.2) is 73.4 Å². The van der Waals surface area contributed by atoms with Gasteiger partial charge in [-0.25, -0.2) is 4.98 Å². The van der Waals surface area contributed by atoms with E-state index in [0.29, 0.717) is 18.1 Å². The maximum absolute atomic E-state index is 5.62. The summed E-state index contributed by atoms with van der Waals surface area (Å²) in [6.07, 6.45) is 11.7. The quantitative estimate of drug-likeness (QED) is 0.451. The van der Waals surface area contributed by atoms with Gasteiger partial charge in [-0.2, -0.15) is 10.4 Å². The highest BCUT2D eigenvalue weighted by Crippen LogP contribution is 2.25. The van der Waals surface area contributed by atoms with Crippen LogP contribution in [0.4, 0.5) is 5.82 Å². The van der Waals surface area contributed by atoms with Crippen molar-refractivity contribution in [2.75, 3.05) is 28.3 Å². The molecule has 0 aromatic carbocycles. The van der Waals surface area contributed by atoms with Crippen molar-refractivity contribution in [2.24, 2.45) is 4.99 Å². The van der Waals surface area contributed by atoms with E-state index in [2.05, 4.69) is 40.5 Å². The molecule has 9 nitrogen and oxygen atoms in total. The van der Waals surface area contributed by atoms with E-state index >= 15 is 0 Å². The Bertz CT molecular complexity index is 1280. The third-order valence-electron chi connectivity index (χ3n) is 6.48. The van der Waals surface area contributed by atoms with Gasteiger partial charge >= 0.3 is 12.1 Å². The van der Waals surface area contributed by atoms with Gasteiger partial charge in [-0.1, -0.05) is 16.7 Å². The average molecular weight is 490 g/mol. The molecule has 0 saturated carbocycles. The van der Waals surface area contributed by atoms with Crippen LogP contribution < -0.4 is 14.7 Å². The topological polar surface area (TPSA) is 95.6 Å². The molecule has 3 atom stereocenters. The maximum Gasteiger partial charge on any atom is 0.493 e. The molecule has 2 aromatic rings. The highest BCUT2D eigenvalue weighted by molar-refractivity contribution is 6.31. The number of methoxy groups -OCH3 is 2. The van der Waals surface area contributed by atoms with E-state index in [-0.39, 0.29) is 16.8 Å². The van der Waals surface area contributed by atoms with Crippen molar-refractivity contribution in [3.8, 4) is 0 Å². The van der Waals surface area contributed by atoms with Crippen LogP contribution >= 0.6 is 0 Å². The number of nitrogens with zero attached hydrogens (tertiary/aromatic N) is 6. The SMILES string of the molecule is CN=C1C=[N+]=C(CC2=CC(OC)C(OC)C=C2)[N+](C)(c2cc(CCc3cc(C)ccn3)nc(C)n2)N1. The lowest BCUT2D eigenvalue weighted by Gasteiger charge is -2.29. The van der Waals surface area contributed by atoms with Gasteiger partial charge in [0.1, 0.15) is 31.5 Å². The minimum absolute atomic E-state index is 0.105. The number of quaternary nitrogens is 1. The summed E-state index contributed by atoms with van der Waals surface area (Å²) in [4.78, 5) is 18.4. The lowest BCUT2D eigenvalue weighted by molar-refractivity contribution is 0.0134. The number of aromatic nitrogens is 3. The van der Waals surface area contributed by atoms with Gasteiger partial charge in [-0.3, -0.25) is 9.98 Å². The first-order chi connectivity index (χ1) is 17.3. The normalized spacial score (nSPS) is 24.4. The highest BCUT2D eigenvalue weighted by Gasteiger charge is 2.46. The van der Waals surface area contributed by atoms with Crippen molar-refractivity contribution < 1.29 is 9.47 Å². The van der Waals surface area contributed by atoms with Crippen molar-refractivity contribution in [3.05, 3.63) is 71.0 Å². The number of aliphatic imine (C=N–C) groups is 1. The number of hydrogen-bond acceptors (Lipinski definition) is 6. The summed E-state index contributed by atoms with van der Waals surface area (Å²) in [5, 5.41) is 0. The van der Waals surface area contributed by atoms with E-state index < -0.39 is 0 Å². The summed E-state index contributed by atoms with van der Waals surface area (Å²) in [6, 6.07) is 6.18. The molecule has 3 heterocycles. The van der Waals surface area contributed by atoms with Crippen LogP contribution in [-0.2, 0) is 22.3 Å². The number of rotatable bonds is 8. The van der Waals surface area contributed by atoms with Crippen LogP contribution in [0.5, 0.6) is 0 Å². The smallest absolute Gasteiger partial charge is 0.374 e. The second kappa shape index (κ2) is 11.1. The van der Waals surface area contributed by atoms with Crippen LogP contribution in [0.3, 0.4) is 0 Å². The fraction of sp³-hybridized carbons (Fsp3) is 0.407. The lowest BCUT2D eigenvalue weighted by atomic mass is 9.99. The molecule has 0 spiro atoms. The minimum atomic E-state index is -0.147. The zero-order valence-electron chi connectivity index (χ0n) is 21.9. The van der Waals surface area contributed by atoms with Crippen molar-refractivity contribution in [1.82, 2.24) is 29.6 Å².